The topological polar surface area (TPSA) is 21.3 Å². The van der Waals surface area contributed by atoms with E-state index in [1.807, 2.05) is 42.5 Å². The average molecular weight is 324 g/mol. The molecule has 112 valence electrons. The van der Waals surface area contributed by atoms with E-state index in [1.54, 1.807) is 7.11 Å². The van der Waals surface area contributed by atoms with Crippen LogP contribution < -0.4 is 10.1 Å². The SMILES string of the molecule is CCCNC(c1ccc(Cl)c(OC)c1)c1ccccc1Cl. The van der Waals surface area contributed by atoms with Crippen molar-refractivity contribution in [3.05, 3.63) is 63.6 Å². The quantitative estimate of drug-likeness (QED) is 0.799. The Bertz CT molecular complexity index is 601. The van der Waals surface area contributed by atoms with E-state index in [0.29, 0.717) is 10.8 Å². The van der Waals surface area contributed by atoms with Gasteiger partial charge >= 0.3 is 0 Å². The molecule has 0 aromatic heterocycles. The molecule has 1 N–H and O–H groups in total. The summed E-state index contributed by atoms with van der Waals surface area (Å²) < 4.78 is 5.31. The third-order valence-corrected chi connectivity index (χ3v) is 3.98. The summed E-state index contributed by atoms with van der Waals surface area (Å²) in [5, 5.41) is 4.89. The lowest BCUT2D eigenvalue weighted by Crippen LogP contribution is -2.23. The van der Waals surface area contributed by atoms with Crippen molar-refractivity contribution in [3.8, 4) is 5.75 Å². The molecule has 0 fully saturated rings. The minimum Gasteiger partial charge on any atom is -0.495 e. The van der Waals surface area contributed by atoms with Gasteiger partial charge in [0.1, 0.15) is 5.75 Å². The second-order valence-corrected chi connectivity index (χ2v) is 5.62. The molecule has 21 heavy (non-hydrogen) atoms. The first-order chi connectivity index (χ1) is 10.2. The zero-order valence-corrected chi connectivity index (χ0v) is 13.7. The van der Waals surface area contributed by atoms with Crippen molar-refractivity contribution in [1.82, 2.24) is 5.32 Å². The first-order valence-corrected chi connectivity index (χ1v) is 7.74. The lowest BCUT2D eigenvalue weighted by molar-refractivity contribution is 0.414. The monoisotopic (exact) mass is 323 g/mol. The maximum atomic E-state index is 6.36. The summed E-state index contributed by atoms with van der Waals surface area (Å²) in [6, 6.07) is 13.7. The predicted molar refractivity (Wildman–Crippen MR) is 89.6 cm³/mol. The van der Waals surface area contributed by atoms with Crippen LogP contribution in [0, 0.1) is 0 Å². The first kappa shape index (κ1) is 16.2. The van der Waals surface area contributed by atoms with Gasteiger partial charge in [-0.25, -0.2) is 0 Å². The molecule has 2 aromatic rings. The van der Waals surface area contributed by atoms with Crippen molar-refractivity contribution in [1.29, 1.82) is 0 Å². The number of methoxy groups -OCH3 is 1. The van der Waals surface area contributed by atoms with Crippen LogP contribution >= 0.6 is 23.2 Å². The zero-order valence-electron chi connectivity index (χ0n) is 12.2. The zero-order chi connectivity index (χ0) is 15.2. The lowest BCUT2D eigenvalue weighted by Gasteiger charge is -2.21. The van der Waals surface area contributed by atoms with Crippen molar-refractivity contribution in [3.63, 3.8) is 0 Å². The Labute approximate surface area is 136 Å². The van der Waals surface area contributed by atoms with Gasteiger partial charge in [-0.15, -0.1) is 0 Å². The molecule has 0 bridgehead atoms. The molecule has 0 aliphatic rings. The Morgan fingerprint density at radius 1 is 1.10 bits per heavy atom. The van der Waals surface area contributed by atoms with Gasteiger partial charge in [0, 0.05) is 5.02 Å². The van der Waals surface area contributed by atoms with Crippen LogP contribution in [0.25, 0.3) is 0 Å². The Morgan fingerprint density at radius 3 is 2.52 bits per heavy atom. The van der Waals surface area contributed by atoms with Gasteiger partial charge in [0.15, 0.2) is 0 Å². The highest BCUT2D eigenvalue weighted by molar-refractivity contribution is 6.32. The fourth-order valence-electron chi connectivity index (χ4n) is 2.26. The van der Waals surface area contributed by atoms with Crippen LogP contribution in [-0.2, 0) is 0 Å². The predicted octanol–water partition coefficient (Wildman–Crippen LogP) is 5.09. The summed E-state index contributed by atoms with van der Waals surface area (Å²) in [4.78, 5) is 0. The lowest BCUT2D eigenvalue weighted by atomic mass is 9.98. The molecule has 1 unspecified atom stereocenters. The number of hydrogen-bond acceptors (Lipinski definition) is 2. The van der Waals surface area contributed by atoms with Gasteiger partial charge in [-0.1, -0.05) is 54.4 Å². The third-order valence-electron chi connectivity index (χ3n) is 3.32. The molecule has 0 radical (unpaired) electrons. The van der Waals surface area contributed by atoms with Gasteiger partial charge in [-0.3, -0.25) is 0 Å². The molecule has 0 aliphatic carbocycles. The first-order valence-electron chi connectivity index (χ1n) is 6.98. The molecule has 2 aromatic carbocycles. The van der Waals surface area contributed by atoms with E-state index >= 15 is 0 Å². The number of benzene rings is 2. The third kappa shape index (κ3) is 3.91. The highest BCUT2D eigenvalue weighted by Crippen LogP contribution is 2.33. The molecule has 1 atom stereocenters. The highest BCUT2D eigenvalue weighted by atomic mass is 35.5. The second kappa shape index (κ2) is 7.69. The average Bonchev–Trinajstić information content (AvgIpc) is 2.50. The van der Waals surface area contributed by atoms with Crippen LogP contribution in [0.5, 0.6) is 5.75 Å². The summed E-state index contributed by atoms with van der Waals surface area (Å²) >= 11 is 12.5. The van der Waals surface area contributed by atoms with Crippen molar-refractivity contribution in [2.24, 2.45) is 0 Å². The van der Waals surface area contributed by atoms with Crippen molar-refractivity contribution in [2.75, 3.05) is 13.7 Å². The number of hydrogen-bond donors (Lipinski definition) is 1. The van der Waals surface area contributed by atoms with Gasteiger partial charge in [-0.05, 0) is 42.3 Å². The van der Waals surface area contributed by atoms with Crippen LogP contribution in [0.15, 0.2) is 42.5 Å². The smallest absolute Gasteiger partial charge is 0.137 e. The van der Waals surface area contributed by atoms with Gasteiger partial charge < -0.3 is 10.1 Å². The Kier molecular flexibility index (Phi) is 5.92. The molecular weight excluding hydrogens is 305 g/mol. The van der Waals surface area contributed by atoms with E-state index in [4.69, 9.17) is 27.9 Å². The van der Waals surface area contributed by atoms with E-state index in [9.17, 15) is 0 Å². The molecule has 0 saturated carbocycles. The van der Waals surface area contributed by atoms with Crippen molar-refractivity contribution in [2.45, 2.75) is 19.4 Å². The van der Waals surface area contributed by atoms with Gasteiger partial charge in [0.25, 0.3) is 0 Å². The van der Waals surface area contributed by atoms with E-state index in [1.165, 1.54) is 0 Å². The van der Waals surface area contributed by atoms with Gasteiger partial charge in [-0.2, -0.15) is 0 Å². The van der Waals surface area contributed by atoms with E-state index in [0.717, 1.165) is 29.1 Å². The van der Waals surface area contributed by atoms with Crippen LogP contribution in [0.4, 0.5) is 0 Å². The largest absolute Gasteiger partial charge is 0.495 e. The maximum Gasteiger partial charge on any atom is 0.137 e. The second-order valence-electron chi connectivity index (χ2n) is 4.80. The normalized spacial score (nSPS) is 12.2. The molecule has 2 nitrogen and oxygen atoms in total. The molecular formula is C17H19Cl2NO. The van der Waals surface area contributed by atoms with E-state index in [-0.39, 0.29) is 6.04 Å². The van der Waals surface area contributed by atoms with Crippen LogP contribution in [0.3, 0.4) is 0 Å². The number of nitrogens with one attached hydrogen (secondary N) is 1. The molecule has 0 saturated heterocycles. The van der Waals surface area contributed by atoms with Crippen LogP contribution in [0.1, 0.15) is 30.5 Å². The fourth-order valence-corrected chi connectivity index (χ4v) is 2.70. The van der Waals surface area contributed by atoms with Gasteiger partial charge in [0.2, 0.25) is 0 Å². The van der Waals surface area contributed by atoms with Crippen molar-refractivity contribution < 1.29 is 4.74 Å². The highest BCUT2D eigenvalue weighted by Gasteiger charge is 2.17. The molecule has 0 spiro atoms. The van der Waals surface area contributed by atoms with Crippen LogP contribution in [0.2, 0.25) is 10.0 Å². The minimum atomic E-state index is 0.0183. The summed E-state index contributed by atoms with van der Waals surface area (Å²) in [5.41, 5.74) is 2.13. The Hall–Kier alpha value is -1.22. The Balaban J connectivity index is 2.43. The molecule has 4 heteroatoms. The van der Waals surface area contributed by atoms with Crippen LogP contribution in [-0.4, -0.2) is 13.7 Å². The summed E-state index contributed by atoms with van der Waals surface area (Å²) in [7, 11) is 1.62. The van der Waals surface area contributed by atoms with Crippen molar-refractivity contribution >= 4 is 23.2 Å². The Morgan fingerprint density at radius 2 is 1.86 bits per heavy atom. The van der Waals surface area contributed by atoms with E-state index < -0.39 is 0 Å². The number of halogens is 2. The molecule has 0 heterocycles. The molecule has 0 aliphatic heterocycles. The molecule has 2 rings (SSSR count). The summed E-state index contributed by atoms with van der Waals surface area (Å²) in [5.74, 6) is 0.671. The van der Waals surface area contributed by atoms with E-state index in [2.05, 4.69) is 12.2 Å². The minimum absolute atomic E-state index is 0.0183. The number of rotatable bonds is 6. The van der Waals surface area contributed by atoms with Gasteiger partial charge in [0.05, 0.1) is 18.2 Å². The summed E-state index contributed by atoms with van der Waals surface area (Å²) in [6.45, 7) is 3.04. The fraction of sp³-hybridized carbons (Fsp3) is 0.294. The standard InChI is InChI=1S/C17H19Cl2NO/c1-3-10-20-17(13-6-4-5-7-14(13)18)12-8-9-15(19)16(11-12)21-2/h4-9,11,17,20H,3,10H2,1-2H3. The molecule has 0 amide bonds. The summed E-state index contributed by atoms with van der Waals surface area (Å²) in [6.07, 6.45) is 1.05. The maximum absolute atomic E-state index is 6.36. The number of ether oxygens (including phenoxy) is 1.